The largest absolute Gasteiger partial charge is 0.395 e. The first kappa shape index (κ1) is 15.2. The van der Waals surface area contributed by atoms with Crippen LogP contribution in [0.15, 0.2) is 18.5 Å². The van der Waals surface area contributed by atoms with Crippen LogP contribution in [-0.4, -0.2) is 54.8 Å². The molecule has 5 nitrogen and oxygen atoms in total. The molecular formula is C14H18N2O3. The van der Waals surface area contributed by atoms with Crippen LogP contribution in [0.25, 0.3) is 0 Å². The molecule has 5 heteroatoms. The Labute approximate surface area is 113 Å². The summed E-state index contributed by atoms with van der Waals surface area (Å²) in [6.07, 6.45) is 3.52. The van der Waals surface area contributed by atoms with Crippen LogP contribution in [0.1, 0.15) is 22.3 Å². The van der Waals surface area contributed by atoms with E-state index in [0.29, 0.717) is 30.7 Å². The second-order valence-electron chi connectivity index (χ2n) is 3.96. The van der Waals surface area contributed by atoms with E-state index in [-0.39, 0.29) is 12.5 Å². The van der Waals surface area contributed by atoms with Crippen molar-refractivity contribution in [2.24, 2.45) is 0 Å². The van der Waals surface area contributed by atoms with Gasteiger partial charge in [-0.15, -0.1) is 0 Å². The van der Waals surface area contributed by atoms with Gasteiger partial charge in [-0.2, -0.15) is 0 Å². The highest BCUT2D eigenvalue weighted by Gasteiger charge is 2.11. The fourth-order valence-electron chi connectivity index (χ4n) is 1.40. The van der Waals surface area contributed by atoms with E-state index in [4.69, 9.17) is 9.84 Å². The van der Waals surface area contributed by atoms with Crippen LogP contribution in [0.5, 0.6) is 0 Å². The van der Waals surface area contributed by atoms with Crippen molar-refractivity contribution in [3.05, 3.63) is 29.6 Å². The van der Waals surface area contributed by atoms with Gasteiger partial charge in [0.15, 0.2) is 0 Å². The summed E-state index contributed by atoms with van der Waals surface area (Å²) in [6.45, 7) is 1.04. The molecule has 0 aliphatic rings. The van der Waals surface area contributed by atoms with Gasteiger partial charge in [-0.3, -0.25) is 9.78 Å². The van der Waals surface area contributed by atoms with Crippen LogP contribution in [0, 0.1) is 11.8 Å². The number of rotatable bonds is 5. The van der Waals surface area contributed by atoms with Gasteiger partial charge in [-0.1, -0.05) is 11.8 Å². The van der Waals surface area contributed by atoms with Gasteiger partial charge in [-0.05, 0) is 6.07 Å². The van der Waals surface area contributed by atoms with Crippen LogP contribution < -0.4 is 0 Å². The number of carbonyl (C=O) groups excluding carboxylic acids is 1. The molecular weight excluding hydrogens is 244 g/mol. The van der Waals surface area contributed by atoms with Gasteiger partial charge in [0.2, 0.25) is 0 Å². The van der Waals surface area contributed by atoms with Gasteiger partial charge in [0, 0.05) is 45.1 Å². The number of pyridine rings is 1. The Morgan fingerprint density at radius 2 is 2.32 bits per heavy atom. The monoisotopic (exact) mass is 262 g/mol. The van der Waals surface area contributed by atoms with E-state index in [1.54, 1.807) is 31.3 Å². The lowest BCUT2D eigenvalue weighted by molar-refractivity contribution is 0.0744. The van der Waals surface area contributed by atoms with Crippen LogP contribution in [0.4, 0.5) is 0 Å². The van der Waals surface area contributed by atoms with E-state index in [1.165, 1.54) is 6.20 Å². The van der Waals surface area contributed by atoms with Gasteiger partial charge in [-0.25, -0.2) is 0 Å². The molecule has 0 spiro atoms. The number of aliphatic hydroxyl groups excluding tert-OH is 1. The third-order valence-corrected chi connectivity index (χ3v) is 2.43. The molecule has 1 N–H and O–H groups in total. The van der Waals surface area contributed by atoms with Gasteiger partial charge >= 0.3 is 0 Å². The number of aromatic nitrogens is 1. The zero-order chi connectivity index (χ0) is 14.1. The number of hydrogen-bond donors (Lipinski definition) is 1. The van der Waals surface area contributed by atoms with Gasteiger partial charge in [0.1, 0.15) is 0 Å². The standard InChI is InChI=1S/C14H18N2O3/c1-16(6-8-19-2)14(18)13-9-12(10-15-11-13)5-3-4-7-17/h9-11,17H,4,6-8H2,1-2H3. The second kappa shape index (κ2) is 8.25. The lowest BCUT2D eigenvalue weighted by Crippen LogP contribution is -2.30. The van der Waals surface area contributed by atoms with E-state index in [0.717, 1.165) is 0 Å². The second-order valence-corrected chi connectivity index (χ2v) is 3.96. The molecule has 0 aromatic carbocycles. The molecule has 19 heavy (non-hydrogen) atoms. The molecule has 0 radical (unpaired) electrons. The smallest absolute Gasteiger partial charge is 0.255 e. The van der Waals surface area contributed by atoms with Crippen LogP contribution in [0.3, 0.4) is 0 Å². The predicted molar refractivity (Wildman–Crippen MR) is 71.7 cm³/mol. The minimum Gasteiger partial charge on any atom is -0.395 e. The number of nitrogens with zero attached hydrogens (tertiary/aromatic N) is 2. The molecule has 102 valence electrons. The minimum absolute atomic E-state index is 0.0266. The van der Waals surface area contributed by atoms with Crippen LogP contribution >= 0.6 is 0 Å². The van der Waals surface area contributed by atoms with Crippen molar-refractivity contribution < 1.29 is 14.6 Å². The van der Waals surface area contributed by atoms with E-state index in [2.05, 4.69) is 16.8 Å². The van der Waals surface area contributed by atoms with E-state index in [1.807, 2.05) is 0 Å². The predicted octanol–water partition coefficient (Wildman–Crippen LogP) is 0.534. The summed E-state index contributed by atoms with van der Waals surface area (Å²) in [5, 5.41) is 8.65. The molecule has 0 atom stereocenters. The first-order valence-corrected chi connectivity index (χ1v) is 5.98. The third-order valence-electron chi connectivity index (χ3n) is 2.43. The van der Waals surface area contributed by atoms with Crippen molar-refractivity contribution >= 4 is 5.91 Å². The summed E-state index contributed by atoms with van der Waals surface area (Å²) in [5.41, 5.74) is 1.16. The average molecular weight is 262 g/mol. The van der Waals surface area contributed by atoms with E-state index >= 15 is 0 Å². The number of ether oxygens (including phenoxy) is 1. The maximum atomic E-state index is 12.1. The Hall–Kier alpha value is -1.90. The van der Waals surface area contributed by atoms with Crippen LogP contribution in [-0.2, 0) is 4.74 Å². The molecule has 1 amide bonds. The molecule has 1 aromatic rings. The zero-order valence-corrected chi connectivity index (χ0v) is 11.2. The van der Waals surface area contributed by atoms with Crippen molar-refractivity contribution in [1.82, 2.24) is 9.88 Å². The van der Waals surface area contributed by atoms with Crippen molar-refractivity contribution in [1.29, 1.82) is 0 Å². The molecule has 1 heterocycles. The fraction of sp³-hybridized carbons (Fsp3) is 0.429. The van der Waals surface area contributed by atoms with Gasteiger partial charge < -0.3 is 14.7 Å². The molecule has 0 bridgehead atoms. The van der Waals surface area contributed by atoms with Crippen molar-refractivity contribution in [2.75, 3.05) is 33.9 Å². The third kappa shape index (κ3) is 5.08. The van der Waals surface area contributed by atoms with Crippen LogP contribution in [0.2, 0.25) is 0 Å². The lowest BCUT2D eigenvalue weighted by Gasteiger charge is -2.16. The van der Waals surface area contributed by atoms with Gasteiger partial charge in [0.25, 0.3) is 5.91 Å². The SMILES string of the molecule is COCCN(C)C(=O)c1cncc(C#CCCO)c1. The molecule has 1 rings (SSSR count). The van der Waals surface area contributed by atoms with Crippen molar-refractivity contribution in [3.63, 3.8) is 0 Å². The highest BCUT2D eigenvalue weighted by atomic mass is 16.5. The molecule has 0 fully saturated rings. The summed E-state index contributed by atoms with van der Waals surface area (Å²) in [4.78, 5) is 17.7. The molecule has 0 unspecified atom stereocenters. The number of likely N-dealkylation sites (N-methyl/N-ethyl adjacent to an activating group) is 1. The van der Waals surface area contributed by atoms with Gasteiger partial charge in [0.05, 0.1) is 18.8 Å². The maximum absolute atomic E-state index is 12.1. The fourth-order valence-corrected chi connectivity index (χ4v) is 1.40. The number of carbonyl (C=O) groups is 1. The first-order chi connectivity index (χ1) is 9.19. The molecule has 0 aliphatic heterocycles. The molecule has 0 saturated heterocycles. The Bertz CT molecular complexity index is 477. The summed E-state index contributed by atoms with van der Waals surface area (Å²) < 4.78 is 4.93. The van der Waals surface area contributed by atoms with Crippen molar-refractivity contribution in [3.8, 4) is 11.8 Å². The number of hydrogen-bond acceptors (Lipinski definition) is 4. The average Bonchev–Trinajstić information content (AvgIpc) is 2.44. The number of methoxy groups -OCH3 is 1. The quantitative estimate of drug-likeness (QED) is 0.786. The molecule has 1 aromatic heterocycles. The Balaban J connectivity index is 2.76. The summed E-state index contributed by atoms with van der Waals surface area (Å²) >= 11 is 0. The minimum atomic E-state index is -0.115. The maximum Gasteiger partial charge on any atom is 0.255 e. The number of amides is 1. The van der Waals surface area contributed by atoms with E-state index in [9.17, 15) is 4.79 Å². The highest BCUT2D eigenvalue weighted by Crippen LogP contribution is 2.05. The normalized spacial score (nSPS) is 9.63. The zero-order valence-electron chi connectivity index (χ0n) is 11.2. The topological polar surface area (TPSA) is 62.7 Å². The summed E-state index contributed by atoms with van der Waals surface area (Å²) in [6, 6.07) is 1.70. The van der Waals surface area contributed by atoms with Crippen molar-refractivity contribution in [2.45, 2.75) is 6.42 Å². The Morgan fingerprint density at radius 3 is 3.00 bits per heavy atom. The lowest BCUT2D eigenvalue weighted by atomic mass is 10.2. The number of aliphatic hydroxyl groups is 1. The Kier molecular flexibility index (Phi) is 6.58. The first-order valence-electron chi connectivity index (χ1n) is 5.98. The molecule has 0 aliphatic carbocycles. The Morgan fingerprint density at radius 1 is 1.53 bits per heavy atom. The summed E-state index contributed by atoms with van der Waals surface area (Å²) in [5.74, 6) is 5.54. The molecule has 0 saturated carbocycles. The summed E-state index contributed by atoms with van der Waals surface area (Å²) in [7, 11) is 3.31. The van der Waals surface area contributed by atoms with E-state index < -0.39 is 0 Å². The highest BCUT2D eigenvalue weighted by molar-refractivity contribution is 5.94.